The van der Waals surface area contributed by atoms with Gasteiger partial charge in [0.25, 0.3) is 5.91 Å². The first kappa shape index (κ1) is 24.8. The summed E-state index contributed by atoms with van der Waals surface area (Å²) in [5.41, 5.74) is 4.37. The van der Waals surface area contributed by atoms with Crippen molar-refractivity contribution in [1.82, 2.24) is 20.9 Å². The third-order valence-corrected chi connectivity index (χ3v) is 6.06. The highest BCUT2D eigenvalue weighted by Crippen LogP contribution is 2.13. The molecule has 33 heavy (non-hydrogen) atoms. The SMILES string of the molecule is CCNC(=NCc1ccc(C(=O)NC(C)CC)cc1)NCc1ccc(CN2CCCC2)cc1. The molecule has 1 fully saturated rings. The van der Waals surface area contributed by atoms with Gasteiger partial charge in [-0.1, -0.05) is 43.3 Å². The summed E-state index contributed by atoms with van der Waals surface area (Å²) in [7, 11) is 0. The number of carbonyl (C=O) groups is 1. The standard InChI is InChI=1S/C27H39N5O/c1-4-21(3)31-26(33)25-14-12-23(13-15-25)19-30-27(28-5-2)29-18-22-8-10-24(11-9-22)20-32-16-6-7-17-32/h8-15,21H,4-7,16-20H2,1-3H3,(H,31,33)(H2,28,29,30). The van der Waals surface area contributed by atoms with Crippen LogP contribution in [0.3, 0.4) is 0 Å². The molecule has 1 atom stereocenters. The van der Waals surface area contributed by atoms with Crippen LogP contribution < -0.4 is 16.0 Å². The molecule has 1 heterocycles. The quantitative estimate of drug-likeness (QED) is 0.378. The van der Waals surface area contributed by atoms with Gasteiger partial charge in [0.15, 0.2) is 5.96 Å². The maximum absolute atomic E-state index is 12.2. The zero-order chi connectivity index (χ0) is 23.5. The summed E-state index contributed by atoms with van der Waals surface area (Å²) in [4.78, 5) is 19.5. The molecule has 6 heteroatoms. The molecule has 0 saturated carbocycles. The molecule has 1 aliphatic heterocycles. The van der Waals surface area contributed by atoms with Gasteiger partial charge in [0.1, 0.15) is 0 Å². The van der Waals surface area contributed by atoms with Crippen LogP contribution in [0.5, 0.6) is 0 Å². The molecule has 3 rings (SSSR count). The molecule has 0 aromatic heterocycles. The number of nitrogens with zero attached hydrogens (tertiary/aromatic N) is 2. The molecule has 1 saturated heterocycles. The Morgan fingerprint density at radius 3 is 2.21 bits per heavy atom. The van der Waals surface area contributed by atoms with Crippen LogP contribution in [0.4, 0.5) is 0 Å². The Labute approximate surface area is 198 Å². The Morgan fingerprint density at radius 1 is 0.939 bits per heavy atom. The van der Waals surface area contributed by atoms with E-state index >= 15 is 0 Å². The largest absolute Gasteiger partial charge is 0.357 e. The highest BCUT2D eigenvalue weighted by molar-refractivity contribution is 5.94. The fourth-order valence-corrected chi connectivity index (χ4v) is 3.83. The minimum absolute atomic E-state index is 0.0270. The van der Waals surface area contributed by atoms with E-state index in [1.165, 1.54) is 37.1 Å². The lowest BCUT2D eigenvalue weighted by Gasteiger charge is -2.15. The molecule has 1 amide bonds. The second-order valence-electron chi connectivity index (χ2n) is 8.83. The summed E-state index contributed by atoms with van der Waals surface area (Å²) >= 11 is 0. The molecule has 0 radical (unpaired) electrons. The van der Waals surface area contributed by atoms with E-state index < -0.39 is 0 Å². The average Bonchev–Trinajstić information content (AvgIpc) is 3.35. The molecule has 2 aromatic carbocycles. The number of hydrogen-bond donors (Lipinski definition) is 3. The van der Waals surface area contributed by atoms with Gasteiger partial charge in [0.2, 0.25) is 0 Å². The van der Waals surface area contributed by atoms with Crippen LogP contribution in [0.15, 0.2) is 53.5 Å². The van der Waals surface area contributed by atoms with Crippen molar-refractivity contribution in [1.29, 1.82) is 0 Å². The summed E-state index contributed by atoms with van der Waals surface area (Å²) in [6.45, 7) is 11.7. The van der Waals surface area contributed by atoms with Gasteiger partial charge in [0.05, 0.1) is 6.54 Å². The third-order valence-electron chi connectivity index (χ3n) is 6.06. The first-order valence-electron chi connectivity index (χ1n) is 12.3. The normalized spacial score (nSPS) is 15.3. The molecule has 0 aliphatic carbocycles. The van der Waals surface area contributed by atoms with Crippen LogP contribution in [-0.4, -0.2) is 42.4 Å². The lowest BCUT2D eigenvalue weighted by atomic mass is 10.1. The zero-order valence-corrected chi connectivity index (χ0v) is 20.4. The van der Waals surface area contributed by atoms with Crippen molar-refractivity contribution in [3.8, 4) is 0 Å². The van der Waals surface area contributed by atoms with E-state index in [2.05, 4.69) is 59.0 Å². The molecule has 0 spiro atoms. The molecule has 2 aromatic rings. The van der Waals surface area contributed by atoms with Gasteiger partial charge in [-0.3, -0.25) is 9.69 Å². The minimum Gasteiger partial charge on any atom is -0.357 e. The van der Waals surface area contributed by atoms with Crippen LogP contribution in [0.25, 0.3) is 0 Å². The summed E-state index contributed by atoms with van der Waals surface area (Å²) < 4.78 is 0. The van der Waals surface area contributed by atoms with Crippen LogP contribution in [0, 0.1) is 0 Å². The highest BCUT2D eigenvalue weighted by atomic mass is 16.1. The molecular formula is C27H39N5O. The Morgan fingerprint density at radius 2 is 1.58 bits per heavy atom. The summed E-state index contributed by atoms with van der Waals surface area (Å²) in [5, 5.41) is 9.73. The van der Waals surface area contributed by atoms with Crippen molar-refractivity contribution >= 4 is 11.9 Å². The Balaban J connectivity index is 1.51. The Kier molecular flexibility index (Phi) is 9.76. The van der Waals surface area contributed by atoms with Gasteiger partial charge in [-0.25, -0.2) is 4.99 Å². The summed E-state index contributed by atoms with van der Waals surface area (Å²) in [6.07, 6.45) is 3.57. The van der Waals surface area contributed by atoms with E-state index in [0.717, 1.165) is 37.6 Å². The van der Waals surface area contributed by atoms with Crippen molar-refractivity contribution < 1.29 is 4.79 Å². The maximum atomic E-state index is 12.2. The number of hydrogen-bond acceptors (Lipinski definition) is 3. The molecule has 0 bridgehead atoms. The van der Waals surface area contributed by atoms with Crippen LogP contribution in [0.1, 0.15) is 67.1 Å². The van der Waals surface area contributed by atoms with Crippen molar-refractivity contribution in [3.05, 3.63) is 70.8 Å². The zero-order valence-electron chi connectivity index (χ0n) is 20.4. The van der Waals surface area contributed by atoms with Gasteiger partial charge in [-0.2, -0.15) is 0 Å². The van der Waals surface area contributed by atoms with Crippen molar-refractivity contribution in [2.45, 2.75) is 65.7 Å². The lowest BCUT2D eigenvalue weighted by Crippen LogP contribution is -2.36. The molecular weight excluding hydrogens is 410 g/mol. The number of amides is 1. The van der Waals surface area contributed by atoms with Crippen molar-refractivity contribution in [2.24, 2.45) is 4.99 Å². The topological polar surface area (TPSA) is 68.8 Å². The average molecular weight is 450 g/mol. The fourth-order valence-electron chi connectivity index (χ4n) is 3.83. The molecule has 1 aliphatic rings. The van der Waals surface area contributed by atoms with Crippen LogP contribution >= 0.6 is 0 Å². The van der Waals surface area contributed by atoms with Gasteiger partial charge >= 0.3 is 0 Å². The second-order valence-corrected chi connectivity index (χ2v) is 8.83. The third kappa shape index (κ3) is 8.21. The number of likely N-dealkylation sites (tertiary alicyclic amines) is 1. The predicted octanol–water partition coefficient (Wildman–Crippen LogP) is 4.07. The number of benzene rings is 2. The first-order chi connectivity index (χ1) is 16.1. The summed E-state index contributed by atoms with van der Waals surface area (Å²) in [5.74, 6) is 0.762. The fraction of sp³-hybridized carbons (Fsp3) is 0.481. The number of nitrogens with one attached hydrogen (secondary N) is 3. The number of rotatable bonds is 10. The van der Waals surface area contributed by atoms with E-state index in [1.807, 2.05) is 31.2 Å². The monoisotopic (exact) mass is 449 g/mol. The predicted molar refractivity (Wildman–Crippen MR) is 136 cm³/mol. The van der Waals surface area contributed by atoms with Gasteiger partial charge in [-0.15, -0.1) is 0 Å². The van der Waals surface area contributed by atoms with Crippen molar-refractivity contribution in [3.63, 3.8) is 0 Å². The molecule has 6 nitrogen and oxygen atoms in total. The van der Waals surface area contributed by atoms with E-state index in [4.69, 9.17) is 4.99 Å². The molecule has 1 unspecified atom stereocenters. The van der Waals surface area contributed by atoms with Gasteiger partial charge < -0.3 is 16.0 Å². The Bertz CT molecular complexity index is 886. The smallest absolute Gasteiger partial charge is 0.251 e. The lowest BCUT2D eigenvalue weighted by molar-refractivity contribution is 0.0939. The van der Waals surface area contributed by atoms with E-state index in [0.29, 0.717) is 12.1 Å². The molecule has 178 valence electrons. The van der Waals surface area contributed by atoms with E-state index in [9.17, 15) is 4.79 Å². The van der Waals surface area contributed by atoms with Crippen molar-refractivity contribution in [2.75, 3.05) is 19.6 Å². The Hall–Kier alpha value is -2.86. The molecule has 3 N–H and O–H groups in total. The first-order valence-corrected chi connectivity index (χ1v) is 12.3. The summed E-state index contributed by atoms with van der Waals surface area (Å²) in [6, 6.07) is 16.7. The van der Waals surface area contributed by atoms with E-state index in [-0.39, 0.29) is 11.9 Å². The van der Waals surface area contributed by atoms with Gasteiger partial charge in [-0.05, 0) is 75.0 Å². The highest BCUT2D eigenvalue weighted by Gasteiger charge is 2.11. The second kappa shape index (κ2) is 13.0. The number of carbonyl (C=O) groups excluding carboxylic acids is 1. The number of guanidine groups is 1. The van der Waals surface area contributed by atoms with Crippen LogP contribution in [0.2, 0.25) is 0 Å². The van der Waals surface area contributed by atoms with Crippen LogP contribution in [-0.2, 0) is 19.6 Å². The number of aliphatic imine (C=N–C) groups is 1. The maximum Gasteiger partial charge on any atom is 0.251 e. The minimum atomic E-state index is -0.0270. The van der Waals surface area contributed by atoms with Gasteiger partial charge in [0, 0.05) is 31.2 Å². The van der Waals surface area contributed by atoms with E-state index in [1.54, 1.807) is 0 Å².